The van der Waals surface area contributed by atoms with Gasteiger partial charge in [0.15, 0.2) is 0 Å². The third-order valence-corrected chi connectivity index (χ3v) is 3.54. The topological polar surface area (TPSA) is 50.7 Å². The molecule has 2 aliphatic rings. The van der Waals surface area contributed by atoms with E-state index in [1.807, 2.05) is 20.8 Å². The first-order chi connectivity index (χ1) is 8.60. The van der Waals surface area contributed by atoms with E-state index in [-0.39, 0.29) is 17.4 Å². The molecule has 2 rings (SSSR count). The van der Waals surface area contributed by atoms with E-state index in [9.17, 15) is 18.0 Å². The first kappa shape index (κ1) is 14.1. The zero-order valence-electron chi connectivity index (χ0n) is 11.0. The number of hydrogen-bond acceptors (Lipinski definition) is 3. The Labute approximate surface area is 109 Å². The lowest BCUT2D eigenvalue weighted by molar-refractivity contribution is -0.174. The molecule has 0 saturated heterocycles. The molecule has 0 aromatic rings. The Morgan fingerprint density at radius 3 is 2.47 bits per heavy atom. The van der Waals surface area contributed by atoms with Gasteiger partial charge in [-0.05, 0) is 12.8 Å². The van der Waals surface area contributed by atoms with Crippen LogP contribution in [0.25, 0.3) is 0 Å². The van der Waals surface area contributed by atoms with Crippen LogP contribution in [0.15, 0.2) is 5.16 Å². The average molecular weight is 278 g/mol. The summed E-state index contributed by atoms with van der Waals surface area (Å²) in [5.74, 6) is -2.15. The Bertz CT molecular complexity index is 412. The molecule has 1 fully saturated rings. The quantitative estimate of drug-likeness (QED) is 0.799. The standard InChI is InChI=1S/C12H17F3N2O2/c1-11(2,3)9-8-6(4-5-7(8)19-17-9)16-10(18)12(13,14)15/h6-8H,4-5H2,1-3H3,(H,16,18)/t6-,7-,8+/m0/s1. The molecule has 1 aliphatic carbocycles. The maximum atomic E-state index is 12.3. The Balaban J connectivity index is 2.12. The third-order valence-electron chi connectivity index (χ3n) is 3.54. The van der Waals surface area contributed by atoms with Gasteiger partial charge in [0.2, 0.25) is 0 Å². The second-order valence-corrected chi connectivity index (χ2v) is 6.05. The average Bonchev–Trinajstić information content (AvgIpc) is 2.77. The first-order valence-corrected chi connectivity index (χ1v) is 6.22. The predicted octanol–water partition coefficient (Wildman–Crippen LogP) is 2.24. The fourth-order valence-electron chi connectivity index (χ4n) is 2.68. The van der Waals surface area contributed by atoms with Crippen molar-refractivity contribution in [3.05, 3.63) is 0 Å². The van der Waals surface area contributed by atoms with Crippen molar-refractivity contribution >= 4 is 11.6 Å². The molecule has 0 bridgehead atoms. The summed E-state index contributed by atoms with van der Waals surface area (Å²) in [6, 6.07) is -0.556. The number of nitrogens with one attached hydrogen (secondary N) is 1. The van der Waals surface area contributed by atoms with Crippen molar-refractivity contribution in [3.8, 4) is 0 Å². The Hall–Kier alpha value is -1.27. The molecule has 0 aromatic carbocycles. The predicted molar refractivity (Wildman–Crippen MR) is 62.5 cm³/mol. The smallest absolute Gasteiger partial charge is 0.392 e. The van der Waals surface area contributed by atoms with Gasteiger partial charge in [0.05, 0.1) is 11.6 Å². The number of alkyl halides is 3. The second-order valence-electron chi connectivity index (χ2n) is 6.05. The van der Waals surface area contributed by atoms with E-state index in [2.05, 4.69) is 10.5 Å². The number of fused-ring (bicyclic) bond motifs is 1. The van der Waals surface area contributed by atoms with Crippen LogP contribution in [0, 0.1) is 11.3 Å². The van der Waals surface area contributed by atoms with Gasteiger partial charge in [-0.2, -0.15) is 13.2 Å². The van der Waals surface area contributed by atoms with Crippen LogP contribution >= 0.6 is 0 Å². The lowest BCUT2D eigenvalue weighted by Crippen LogP contribution is -2.48. The number of carbonyl (C=O) groups excluding carboxylic acids is 1. The number of nitrogens with zero attached hydrogens (tertiary/aromatic N) is 1. The van der Waals surface area contributed by atoms with E-state index in [1.54, 1.807) is 0 Å². The maximum absolute atomic E-state index is 12.3. The zero-order valence-corrected chi connectivity index (χ0v) is 11.0. The van der Waals surface area contributed by atoms with Gasteiger partial charge < -0.3 is 10.2 Å². The SMILES string of the molecule is CC(C)(C)C1=NO[C@H]2CC[C@H](NC(=O)C(F)(F)F)[C@@H]12. The first-order valence-electron chi connectivity index (χ1n) is 6.22. The molecule has 1 amide bonds. The van der Waals surface area contributed by atoms with Gasteiger partial charge in [0.25, 0.3) is 0 Å². The van der Waals surface area contributed by atoms with Gasteiger partial charge in [0.1, 0.15) is 6.10 Å². The van der Waals surface area contributed by atoms with Crippen LogP contribution in [0.4, 0.5) is 13.2 Å². The van der Waals surface area contributed by atoms with Crippen LogP contribution in [0.5, 0.6) is 0 Å². The lowest BCUT2D eigenvalue weighted by atomic mass is 9.79. The van der Waals surface area contributed by atoms with Crippen molar-refractivity contribution in [1.82, 2.24) is 5.32 Å². The molecular formula is C12H17F3N2O2. The summed E-state index contributed by atoms with van der Waals surface area (Å²) in [6.45, 7) is 5.79. The molecular weight excluding hydrogens is 261 g/mol. The number of halogens is 3. The molecule has 0 radical (unpaired) electrons. The van der Waals surface area contributed by atoms with Crippen LogP contribution in [0.3, 0.4) is 0 Å². The van der Waals surface area contributed by atoms with Crippen LogP contribution in [-0.2, 0) is 9.63 Å². The highest BCUT2D eigenvalue weighted by Crippen LogP contribution is 2.40. The minimum atomic E-state index is -4.85. The van der Waals surface area contributed by atoms with Crippen LogP contribution in [0.1, 0.15) is 33.6 Å². The van der Waals surface area contributed by atoms with Gasteiger partial charge in [0, 0.05) is 11.5 Å². The van der Waals surface area contributed by atoms with Crippen LogP contribution in [0.2, 0.25) is 0 Å². The van der Waals surface area contributed by atoms with E-state index in [4.69, 9.17) is 4.84 Å². The molecule has 19 heavy (non-hydrogen) atoms. The number of hydrogen-bond donors (Lipinski definition) is 1. The summed E-state index contributed by atoms with van der Waals surface area (Å²) in [7, 11) is 0. The number of carbonyl (C=O) groups is 1. The fourth-order valence-corrected chi connectivity index (χ4v) is 2.68. The summed E-state index contributed by atoms with van der Waals surface area (Å²) in [5.41, 5.74) is 0.438. The highest BCUT2D eigenvalue weighted by atomic mass is 19.4. The molecule has 1 heterocycles. The molecule has 0 spiro atoms. The van der Waals surface area contributed by atoms with Crippen molar-refractivity contribution in [2.45, 2.75) is 51.9 Å². The Morgan fingerprint density at radius 1 is 1.32 bits per heavy atom. The second kappa shape index (κ2) is 4.38. The molecule has 1 N–H and O–H groups in total. The third kappa shape index (κ3) is 2.69. The molecule has 7 heteroatoms. The highest BCUT2D eigenvalue weighted by molar-refractivity contribution is 5.94. The van der Waals surface area contributed by atoms with E-state index in [1.165, 1.54) is 0 Å². The van der Waals surface area contributed by atoms with Gasteiger partial charge in [-0.1, -0.05) is 25.9 Å². The van der Waals surface area contributed by atoms with Crippen molar-refractivity contribution < 1.29 is 22.8 Å². The van der Waals surface area contributed by atoms with Crippen molar-refractivity contribution in [2.24, 2.45) is 16.5 Å². The van der Waals surface area contributed by atoms with E-state index in [0.29, 0.717) is 12.8 Å². The number of oxime groups is 1. The van der Waals surface area contributed by atoms with Crippen LogP contribution < -0.4 is 5.32 Å². The summed E-state index contributed by atoms with van der Waals surface area (Å²) in [6.07, 6.45) is -3.98. The Morgan fingerprint density at radius 2 is 1.95 bits per heavy atom. The number of amides is 1. The fraction of sp³-hybridized carbons (Fsp3) is 0.833. The molecule has 1 aliphatic heterocycles. The zero-order chi connectivity index (χ0) is 14.4. The van der Waals surface area contributed by atoms with E-state index >= 15 is 0 Å². The molecule has 0 aromatic heterocycles. The summed E-state index contributed by atoms with van der Waals surface area (Å²) in [5, 5.41) is 6.06. The monoisotopic (exact) mass is 278 g/mol. The molecule has 0 unspecified atom stereocenters. The minimum Gasteiger partial charge on any atom is -0.392 e. The van der Waals surface area contributed by atoms with Gasteiger partial charge in [-0.25, -0.2) is 0 Å². The minimum absolute atomic E-state index is 0.215. The maximum Gasteiger partial charge on any atom is 0.471 e. The van der Waals surface area contributed by atoms with Crippen molar-refractivity contribution in [2.75, 3.05) is 0 Å². The van der Waals surface area contributed by atoms with Gasteiger partial charge in [-0.15, -0.1) is 0 Å². The normalized spacial score (nSPS) is 30.6. The summed E-state index contributed by atoms with van der Waals surface area (Å²) < 4.78 is 36.9. The van der Waals surface area contributed by atoms with Crippen molar-refractivity contribution in [1.29, 1.82) is 0 Å². The number of rotatable bonds is 1. The van der Waals surface area contributed by atoms with E-state index in [0.717, 1.165) is 5.71 Å². The van der Waals surface area contributed by atoms with E-state index < -0.39 is 18.1 Å². The summed E-state index contributed by atoms with van der Waals surface area (Å²) >= 11 is 0. The molecule has 1 saturated carbocycles. The molecule has 4 nitrogen and oxygen atoms in total. The van der Waals surface area contributed by atoms with Gasteiger partial charge in [-0.3, -0.25) is 4.79 Å². The largest absolute Gasteiger partial charge is 0.471 e. The van der Waals surface area contributed by atoms with Crippen molar-refractivity contribution in [3.63, 3.8) is 0 Å². The Kier molecular flexibility index (Phi) is 3.26. The lowest BCUT2D eigenvalue weighted by Gasteiger charge is -2.27. The summed E-state index contributed by atoms with van der Waals surface area (Å²) in [4.78, 5) is 16.3. The molecule has 3 atom stereocenters. The molecule has 108 valence electrons. The highest BCUT2D eigenvalue weighted by Gasteiger charge is 2.50. The van der Waals surface area contributed by atoms with Crippen LogP contribution in [-0.4, -0.2) is 29.9 Å². The van der Waals surface area contributed by atoms with Gasteiger partial charge >= 0.3 is 12.1 Å².